The van der Waals surface area contributed by atoms with Crippen LogP contribution >= 0.6 is 0 Å². The van der Waals surface area contributed by atoms with E-state index in [1.54, 1.807) is 6.20 Å². The van der Waals surface area contributed by atoms with Gasteiger partial charge in [-0.1, -0.05) is 25.3 Å². The first-order valence-electron chi connectivity index (χ1n) is 5.73. The number of piperidine rings is 1. The van der Waals surface area contributed by atoms with E-state index < -0.39 is 0 Å². The lowest BCUT2D eigenvalue weighted by molar-refractivity contribution is 0.151. The second-order valence-electron chi connectivity index (χ2n) is 5.03. The van der Waals surface area contributed by atoms with Gasteiger partial charge in [0.2, 0.25) is 0 Å². The maximum atomic E-state index is 4.34. The maximum Gasteiger partial charge on any atom is 0.0461 e. The Morgan fingerprint density at radius 1 is 1.31 bits per heavy atom. The molecule has 0 aromatic heterocycles. The number of likely N-dealkylation sites (tertiary alicyclic amines) is 1. The first-order chi connectivity index (χ1) is 7.49. The Hall–Kier alpha value is -1.15. The van der Waals surface area contributed by atoms with Crippen molar-refractivity contribution in [2.45, 2.75) is 32.7 Å². The van der Waals surface area contributed by atoms with Crippen LogP contribution in [0.15, 0.2) is 42.1 Å². The minimum atomic E-state index is 0.208. The van der Waals surface area contributed by atoms with Crippen LogP contribution in [-0.4, -0.2) is 29.2 Å². The molecule has 2 nitrogen and oxygen atoms in total. The normalized spacial score (nSPS) is 23.7. The van der Waals surface area contributed by atoms with E-state index in [4.69, 9.17) is 0 Å². The molecule has 0 N–H and O–H groups in total. The smallest absolute Gasteiger partial charge is 0.0461 e. The summed E-state index contributed by atoms with van der Waals surface area (Å²) < 4.78 is 0. The molecule has 0 saturated carbocycles. The molecule has 0 amide bonds. The predicted molar refractivity (Wildman–Crippen MR) is 71.9 cm³/mol. The molecule has 1 saturated heterocycles. The molecular formula is C14H22N2. The van der Waals surface area contributed by atoms with E-state index in [2.05, 4.69) is 49.9 Å². The summed E-state index contributed by atoms with van der Waals surface area (Å²) in [7, 11) is 0. The van der Waals surface area contributed by atoms with E-state index >= 15 is 0 Å². The van der Waals surface area contributed by atoms with Crippen LogP contribution in [0.2, 0.25) is 0 Å². The van der Waals surface area contributed by atoms with E-state index in [0.29, 0.717) is 0 Å². The maximum absolute atomic E-state index is 4.34. The van der Waals surface area contributed by atoms with Gasteiger partial charge < -0.3 is 0 Å². The summed E-state index contributed by atoms with van der Waals surface area (Å²) >= 11 is 0. The van der Waals surface area contributed by atoms with Crippen molar-refractivity contribution in [3.8, 4) is 0 Å². The number of rotatable bonds is 2. The van der Waals surface area contributed by atoms with Gasteiger partial charge >= 0.3 is 0 Å². The molecule has 2 heteroatoms. The summed E-state index contributed by atoms with van der Waals surface area (Å²) in [6.07, 6.45) is 6.50. The molecule has 1 rings (SSSR count). The molecule has 1 aliphatic rings. The minimum Gasteiger partial charge on any atom is -0.294 e. The fourth-order valence-electron chi connectivity index (χ4n) is 1.90. The highest BCUT2D eigenvalue weighted by atomic mass is 15.2. The molecule has 0 spiro atoms. The first-order valence-corrected chi connectivity index (χ1v) is 5.73. The minimum absolute atomic E-state index is 0.208. The van der Waals surface area contributed by atoms with Crippen molar-refractivity contribution in [1.29, 1.82) is 0 Å². The average molecular weight is 218 g/mol. The quantitative estimate of drug-likeness (QED) is 0.695. The molecular weight excluding hydrogens is 196 g/mol. The summed E-state index contributed by atoms with van der Waals surface area (Å²) in [4.78, 5) is 6.80. The van der Waals surface area contributed by atoms with Gasteiger partial charge in [-0.3, -0.25) is 9.89 Å². The second kappa shape index (κ2) is 5.26. The van der Waals surface area contributed by atoms with Crippen molar-refractivity contribution in [1.82, 2.24) is 4.90 Å². The summed E-state index contributed by atoms with van der Waals surface area (Å²) in [6, 6.07) is 0. The van der Waals surface area contributed by atoms with Crippen LogP contribution in [0, 0.1) is 0 Å². The van der Waals surface area contributed by atoms with Crippen LogP contribution in [0.1, 0.15) is 27.2 Å². The lowest BCUT2D eigenvalue weighted by atomic mass is 9.96. The van der Waals surface area contributed by atoms with Crippen LogP contribution < -0.4 is 0 Å². The summed E-state index contributed by atoms with van der Waals surface area (Å²) in [5.74, 6) is 0. The molecule has 1 heterocycles. The van der Waals surface area contributed by atoms with Crippen molar-refractivity contribution < 1.29 is 0 Å². The van der Waals surface area contributed by atoms with E-state index in [9.17, 15) is 0 Å². The van der Waals surface area contributed by atoms with Crippen molar-refractivity contribution >= 4 is 5.71 Å². The molecule has 0 unspecified atom stereocenters. The van der Waals surface area contributed by atoms with Crippen LogP contribution in [0.3, 0.4) is 0 Å². The molecule has 0 bridgehead atoms. The average Bonchev–Trinajstić information content (AvgIpc) is 2.19. The molecule has 1 fully saturated rings. The number of aliphatic imine (C=N–C) groups is 1. The number of allylic oxidation sites excluding steroid dienone is 2. The van der Waals surface area contributed by atoms with E-state index in [0.717, 1.165) is 25.2 Å². The van der Waals surface area contributed by atoms with Crippen LogP contribution in [0.5, 0.6) is 0 Å². The molecule has 0 radical (unpaired) electrons. The SMILES string of the molecule is C=C/C=C1/CN(C(C)(C)C)CCC1=NC=C. The van der Waals surface area contributed by atoms with Crippen LogP contribution in [0.4, 0.5) is 0 Å². The fourth-order valence-corrected chi connectivity index (χ4v) is 1.90. The molecule has 0 aromatic rings. The van der Waals surface area contributed by atoms with Crippen molar-refractivity contribution in [3.63, 3.8) is 0 Å². The lowest BCUT2D eigenvalue weighted by Crippen LogP contribution is -2.47. The summed E-state index contributed by atoms with van der Waals surface area (Å²) in [6.45, 7) is 16.2. The largest absolute Gasteiger partial charge is 0.294 e. The lowest BCUT2D eigenvalue weighted by Gasteiger charge is -2.39. The summed E-state index contributed by atoms with van der Waals surface area (Å²) in [5.41, 5.74) is 2.62. The molecule has 88 valence electrons. The third kappa shape index (κ3) is 3.17. The Labute approximate surface area is 99.1 Å². The van der Waals surface area contributed by atoms with Gasteiger partial charge in [0, 0.05) is 37.0 Å². The summed E-state index contributed by atoms with van der Waals surface area (Å²) in [5, 5.41) is 0. The van der Waals surface area contributed by atoms with Gasteiger partial charge in [0.1, 0.15) is 0 Å². The molecule has 0 aromatic carbocycles. The third-order valence-corrected chi connectivity index (χ3v) is 2.87. The Morgan fingerprint density at radius 3 is 2.50 bits per heavy atom. The Balaban J connectivity index is 2.89. The Kier molecular flexibility index (Phi) is 4.25. The molecule has 0 aliphatic carbocycles. The number of hydrogen-bond donors (Lipinski definition) is 0. The highest BCUT2D eigenvalue weighted by Gasteiger charge is 2.27. The third-order valence-electron chi connectivity index (χ3n) is 2.87. The van der Waals surface area contributed by atoms with Crippen molar-refractivity contribution in [3.05, 3.63) is 37.1 Å². The van der Waals surface area contributed by atoms with Gasteiger partial charge in [0.15, 0.2) is 0 Å². The Bertz CT molecular complexity index is 329. The van der Waals surface area contributed by atoms with Gasteiger partial charge in [0.25, 0.3) is 0 Å². The zero-order valence-electron chi connectivity index (χ0n) is 10.7. The first kappa shape index (κ1) is 12.9. The van der Waals surface area contributed by atoms with Crippen LogP contribution in [0.25, 0.3) is 0 Å². The van der Waals surface area contributed by atoms with Crippen molar-refractivity contribution in [2.75, 3.05) is 13.1 Å². The van der Waals surface area contributed by atoms with Gasteiger partial charge in [-0.2, -0.15) is 0 Å². The van der Waals surface area contributed by atoms with Gasteiger partial charge in [-0.05, 0) is 26.3 Å². The standard InChI is InChI=1S/C14H22N2/c1-6-8-12-11-16(14(3,4)5)10-9-13(12)15-7-2/h6-8H,1-2,9-11H2,3-5H3/b12-8-,15-13?. The van der Waals surface area contributed by atoms with Crippen molar-refractivity contribution in [2.24, 2.45) is 4.99 Å². The fraction of sp³-hybridized carbons (Fsp3) is 0.500. The van der Waals surface area contributed by atoms with Gasteiger partial charge in [-0.25, -0.2) is 0 Å². The van der Waals surface area contributed by atoms with Gasteiger partial charge in [0.05, 0.1) is 0 Å². The zero-order valence-corrected chi connectivity index (χ0v) is 10.7. The van der Waals surface area contributed by atoms with E-state index in [-0.39, 0.29) is 5.54 Å². The predicted octanol–water partition coefficient (Wildman–Crippen LogP) is 3.19. The molecule has 1 aliphatic heterocycles. The molecule has 16 heavy (non-hydrogen) atoms. The zero-order chi connectivity index (χ0) is 12.2. The topological polar surface area (TPSA) is 15.6 Å². The van der Waals surface area contributed by atoms with E-state index in [1.165, 1.54) is 5.57 Å². The number of hydrogen-bond acceptors (Lipinski definition) is 2. The highest BCUT2D eigenvalue weighted by Crippen LogP contribution is 2.22. The van der Waals surface area contributed by atoms with Crippen LogP contribution in [-0.2, 0) is 0 Å². The van der Waals surface area contributed by atoms with Gasteiger partial charge in [-0.15, -0.1) is 0 Å². The molecule has 0 atom stereocenters. The monoisotopic (exact) mass is 218 g/mol. The second-order valence-corrected chi connectivity index (χ2v) is 5.03. The number of nitrogens with zero attached hydrogens (tertiary/aromatic N) is 2. The van der Waals surface area contributed by atoms with E-state index in [1.807, 2.05) is 6.08 Å². The highest BCUT2D eigenvalue weighted by molar-refractivity contribution is 6.01. The Morgan fingerprint density at radius 2 is 2.00 bits per heavy atom.